The molecule has 1 atom stereocenters. The molecule has 0 radical (unpaired) electrons. The second-order valence-corrected chi connectivity index (χ2v) is 7.08. The van der Waals surface area contributed by atoms with Crippen molar-refractivity contribution in [2.45, 2.75) is 38.8 Å². The highest BCUT2D eigenvalue weighted by Crippen LogP contribution is 2.37. The molecule has 0 bridgehead atoms. The van der Waals surface area contributed by atoms with Gasteiger partial charge in [0.05, 0.1) is 23.5 Å². The number of hydrogen-bond acceptors (Lipinski definition) is 7. The maximum Gasteiger partial charge on any atom is 0.283 e. The summed E-state index contributed by atoms with van der Waals surface area (Å²) in [7, 11) is 2.10. The van der Waals surface area contributed by atoms with Gasteiger partial charge < -0.3 is 8.83 Å². The zero-order valence-corrected chi connectivity index (χ0v) is 14.0. The van der Waals surface area contributed by atoms with E-state index in [1.165, 1.54) is 17.0 Å². The van der Waals surface area contributed by atoms with Gasteiger partial charge in [-0.05, 0) is 45.4 Å². The Morgan fingerprint density at radius 1 is 1.39 bits per heavy atom. The minimum atomic E-state index is 0.379. The number of hydrogen-bond donors (Lipinski definition) is 0. The van der Waals surface area contributed by atoms with Crippen LogP contribution >= 0.6 is 11.3 Å². The number of furan rings is 1. The highest BCUT2D eigenvalue weighted by Gasteiger charge is 2.28. The van der Waals surface area contributed by atoms with Gasteiger partial charge in [0.1, 0.15) is 0 Å². The smallest absolute Gasteiger partial charge is 0.283 e. The average molecular weight is 330 g/mol. The van der Waals surface area contributed by atoms with Crippen LogP contribution in [0, 0.1) is 6.92 Å². The normalized spacial score (nSPS) is 17.6. The first-order chi connectivity index (χ1) is 11.2. The maximum atomic E-state index is 5.71. The molecule has 0 saturated heterocycles. The van der Waals surface area contributed by atoms with Crippen molar-refractivity contribution >= 4 is 11.3 Å². The summed E-state index contributed by atoms with van der Waals surface area (Å²) in [5, 5.41) is 9.34. The van der Waals surface area contributed by atoms with Gasteiger partial charge in [0, 0.05) is 10.9 Å². The standard InChI is InChI=1S/C16H18N4O2S/c1-10-17-11-5-3-6-12(15(11)23-10)20(2)9-14-18-19-16(22-14)13-7-4-8-21-13/h4,7-8,12H,3,5-6,9H2,1-2H3/t12-/m1/s1. The van der Waals surface area contributed by atoms with E-state index in [-0.39, 0.29) is 0 Å². The Morgan fingerprint density at radius 3 is 3.13 bits per heavy atom. The Morgan fingerprint density at radius 2 is 2.30 bits per heavy atom. The molecule has 1 aliphatic carbocycles. The van der Waals surface area contributed by atoms with Crippen LogP contribution in [0.4, 0.5) is 0 Å². The number of thiazole rings is 1. The van der Waals surface area contributed by atoms with Gasteiger partial charge in [0.2, 0.25) is 5.89 Å². The fourth-order valence-corrected chi connectivity index (χ4v) is 4.25. The molecule has 3 aromatic rings. The quantitative estimate of drug-likeness (QED) is 0.728. The molecule has 1 aliphatic rings. The van der Waals surface area contributed by atoms with Crippen LogP contribution in [0.1, 0.15) is 40.4 Å². The molecule has 23 heavy (non-hydrogen) atoms. The lowest BCUT2D eigenvalue weighted by molar-refractivity contribution is 0.197. The summed E-state index contributed by atoms with van der Waals surface area (Å²) in [6.07, 6.45) is 5.01. The number of aryl methyl sites for hydroxylation is 2. The number of aromatic nitrogens is 3. The van der Waals surface area contributed by atoms with Crippen LogP contribution in [0.25, 0.3) is 11.7 Å². The van der Waals surface area contributed by atoms with Gasteiger partial charge in [-0.25, -0.2) is 4.98 Å². The van der Waals surface area contributed by atoms with Crippen LogP contribution < -0.4 is 0 Å². The van der Waals surface area contributed by atoms with Crippen LogP contribution in [0.5, 0.6) is 0 Å². The van der Waals surface area contributed by atoms with Crippen molar-refractivity contribution < 1.29 is 8.83 Å². The lowest BCUT2D eigenvalue weighted by Crippen LogP contribution is -2.26. The zero-order valence-electron chi connectivity index (χ0n) is 13.2. The van der Waals surface area contributed by atoms with Crippen molar-refractivity contribution in [2.24, 2.45) is 0 Å². The molecule has 3 heterocycles. The topological polar surface area (TPSA) is 68.2 Å². The first-order valence-corrected chi connectivity index (χ1v) is 8.55. The Balaban J connectivity index is 1.51. The Kier molecular flexibility index (Phi) is 3.74. The largest absolute Gasteiger partial charge is 0.459 e. The fourth-order valence-electron chi connectivity index (χ4n) is 3.08. The minimum Gasteiger partial charge on any atom is -0.459 e. The van der Waals surface area contributed by atoms with Crippen LogP contribution in [0.3, 0.4) is 0 Å². The van der Waals surface area contributed by atoms with Crippen LogP contribution in [-0.4, -0.2) is 27.1 Å². The molecule has 120 valence electrons. The van der Waals surface area contributed by atoms with E-state index in [0.29, 0.717) is 30.1 Å². The van der Waals surface area contributed by atoms with E-state index in [1.807, 2.05) is 6.07 Å². The van der Waals surface area contributed by atoms with E-state index >= 15 is 0 Å². The summed E-state index contributed by atoms with van der Waals surface area (Å²) in [4.78, 5) is 8.32. The molecule has 7 heteroatoms. The van der Waals surface area contributed by atoms with Crippen molar-refractivity contribution in [3.63, 3.8) is 0 Å². The predicted molar refractivity (Wildman–Crippen MR) is 86.0 cm³/mol. The van der Waals surface area contributed by atoms with Gasteiger partial charge >= 0.3 is 0 Å². The molecule has 0 N–H and O–H groups in total. The third-order valence-electron chi connectivity index (χ3n) is 4.14. The molecule has 3 aromatic heterocycles. The molecule has 4 rings (SSSR count). The monoisotopic (exact) mass is 330 g/mol. The van der Waals surface area contributed by atoms with E-state index in [0.717, 1.165) is 17.8 Å². The van der Waals surface area contributed by atoms with Crippen LogP contribution in [0.15, 0.2) is 27.2 Å². The molecule has 0 aliphatic heterocycles. The van der Waals surface area contributed by atoms with Gasteiger partial charge in [-0.1, -0.05) is 0 Å². The second kappa shape index (κ2) is 5.90. The van der Waals surface area contributed by atoms with E-state index in [4.69, 9.17) is 8.83 Å². The summed E-state index contributed by atoms with van der Waals surface area (Å²) in [6.45, 7) is 2.70. The van der Waals surface area contributed by atoms with Gasteiger partial charge in [-0.15, -0.1) is 21.5 Å². The number of rotatable bonds is 4. The van der Waals surface area contributed by atoms with Crippen molar-refractivity contribution in [2.75, 3.05) is 7.05 Å². The van der Waals surface area contributed by atoms with Crippen molar-refractivity contribution in [3.05, 3.63) is 39.9 Å². The molecule has 0 saturated carbocycles. The van der Waals surface area contributed by atoms with E-state index < -0.39 is 0 Å². The van der Waals surface area contributed by atoms with Gasteiger partial charge in [-0.3, -0.25) is 4.90 Å². The molecular formula is C16H18N4O2S. The van der Waals surface area contributed by atoms with Gasteiger partial charge in [-0.2, -0.15) is 0 Å². The second-order valence-electron chi connectivity index (χ2n) is 5.85. The SMILES string of the molecule is Cc1nc2c(s1)[C@H](N(C)Cc1nnc(-c3ccco3)o1)CCC2. The summed E-state index contributed by atoms with van der Waals surface area (Å²) in [5.41, 5.74) is 1.26. The summed E-state index contributed by atoms with van der Waals surface area (Å²) in [6, 6.07) is 4.00. The Bertz CT molecular complexity index is 793. The molecular weight excluding hydrogens is 312 g/mol. The van der Waals surface area contributed by atoms with Crippen LogP contribution in [0.2, 0.25) is 0 Å². The maximum absolute atomic E-state index is 5.71. The first-order valence-electron chi connectivity index (χ1n) is 7.73. The van der Waals surface area contributed by atoms with E-state index in [9.17, 15) is 0 Å². The van der Waals surface area contributed by atoms with E-state index in [1.54, 1.807) is 23.7 Å². The molecule has 6 nitrogen and oxygen atoms in total. The molecule has 0 spiro atoms. The summed E-state index contributed by atoms with van der Waals surface area (Å²) >= 11 is 1.81. The van der Waals surface area contributed by atoms with Gasteiger partial charge in [0.25, 0.3) is 5.89 Å². The lowest BCUT2D eigenvalue weighted by atomic mass is 9.97. The molecule has 0 aromatic carbocycles. The minimum absolute atomic E-state index is 0.379. The Labute approximate surface area is 138 Å². The summed E-state index contributed by atoms with van der Waals surface area (Å²) < 4.78 is 11.0. The van der Waals surface area contributed by atoms with Gasteiger partial charge in [0.15, 0.2) is 5.76 Å². The average Bonchev–Trinajstić information content (AvgIpc) is 3.25. The molecule has 0 fully saturated rings. The fraction of sp³-hybridized carbons (Fsp3) is 0.438. The Hall–Kier alpha value is -1.99. The lowest BCUT2D eigenvalue weighted by Gasteiger charge is -2.29. The zero-order chi connectivity index (χ0) is 15.8. The van der Waals surface area contributed by atoms with Crippen molar-refractivity contribution in [1.29, 1.82) is 0 Å². The van der Waals surface area contributed by atoms with Crippen LogP contribution in [-0.2, 0) is 13.0 Å². The van der Waals surface area contributed by atoms with Crippen molar-refractivity contribution in [3.8, 4) is 11.7 Å². The summed E-state index contributed by atoms with van der Waals surface area (Å²) in [5.74, 6) is 1.63. The first kappa shape index (κ1) is 14.6. The number of fused-ring (bicyclic) bond motifs is 1. The highest BCUT2D eigenvalue weighted by atomic mass is 32.1. The highest BCUT2D eigenvalue weighted by molar-refractivity contribution is 7.11. The van der Waals surface area contributed by atoms with E-state index in [2.05, 4.69) is 34.1 Å². The predicted octanol–water partition coefficient (Wildman–Crippen LogP) is 3.60. The third kappa shape index (κ3) is 2.82. The molecule has 0 unspecified atom stereocenters. The number of nitrogens with zero attached hydrogens (tertiary/aromatic N) is 4. The third-order valence-corrected chi connectivity index (χ3v) is 5.26. The molecule has 0 amide bonds. The van der Waals surface area contributed by atoms with Crippen molar-refractivity contribution in [1.82, 2.24) is 20.1 Å².